The van der Waals surface area contributed by atoms with E-state index in [9.17, 15) is 4.79 Å². The number of ether oxygens (including phenoxy) is 2. The number of rotatable bonds is 9. The van der Waals surface area contributed by atoms with E-state index in [4.69, 9.17) is 14.7 Å². The molecular weight excluding hydrogens is 390 g/mol. The molecule has 1 aliphatic rings. The largest absolute Gasteiger partial charge is 0.493 e. The molecule has 31 heavy (non-hydrogen) atoms. The lowest BCUT2D eigenvalue weighted by molar-refractivity contribution is 0.192. The van der Waals surface area contributed by atoms with Gasteiger partial charge in [-0.3, -0.25) is 4.90 Å². The van der Waals surface area contributed by atoms with Crippen LogP contribution in [0.1, 0.15) is 49.3 Å². The molecule has 2 aromatic carbocycles. The molecule has 1 heterocycles. The predicted octanol–water partition coefficient (Wildman–Crippen LogP) is 5.28. The Morgan fingerprint density at radius 2 is 1.94 bits per heavy atom. The van der Waals surface area contributed by atoms with E-state index in [0.717, 1.165) is 42.5 Å². The lowest BCUT2D eigenvalue weighted by Gasteiger charge is -2.36. The van der Waals surface area contributed by atoms with Crippen LogP contribution >= 0.6 is 0 Å². The van der Waals surface area contributed by atoms with Crippen molar-refractivity contribution in [1.29, 1.82) is 5.26 Å². The Morgan fingerprint density at radius 1 is 1.10 bits per heavy atom. The number of amides is 2. The van der Waals surface area contributed by atoms with Crippen LogP contribution in [0.2, 0.25) is 0 Å². The normalized spacial score (nSPS) is 13.8. The van der Waals surface area contributed by atoms with Gasteiger partial charge in [0.05, 0.1) is 25.3 Å². The van der Waals surface area contributed by atoms with Gasteiger partial charge in [0, 0.05) is 31.4 Å². The van der Waals surface area contributed by atoms with Crippen molar-refractivity contribution in [2.45, 2.75) is 46.1 Å². The molecule has 0 atom stereocenters. The molecule has 3 rings (SSSR count). The molecule has 0 radical (unpaired) electrons. The van der Waals surface area contributed by atoms with Crippen LogP contribution in [0.3, 0.4) is 0 Å². The number of hydrogen-bond acceptors (Lipinski definition) is 4. The molecule has 6 nitrogen and oxygen atoms in total. The van der Waals surface area contributed by atoms with Crippen LogP contribution in [-0.4, -0.2) is 37.7 Å². The van der Waals surface area contributed by atoms with Gasteiger partial charge in [-0.2, -0.15) is 5.26 Å². The van der Waals surface area contributed by atoms with Crippen molar-refractivity contribution in [2.75, 3.05) is 31.7 Å². The van der Waals surface area contributed by atoms with E-state index in [1.807, 2.05) is 42.2 Å². The first-order valence-corrected chi connectivity index (χ1v) is 10.9. The molecule has 0 bridgehead atoms. The van der Waals surface area contributed by atoms with E-state index in [1.54, 1.807) is 18.1 Å². The monoisotopic (exact) mass is 421 g/mol. The molecule has 164 valence electrons. The summed E-state index contributed by atoms with van der Waals surface area (Å²) in [6, 6.07) is 13.4. The number of nitrogens with zero attached hydrogens (tertiary/aromatic N) is 3. The van der Waals surface area contributed by atoms with Gasteiger partial charge in [0.15, 0.2) is 11.5 Å². The molecule has 0 spiro atoms. The summed E-state index contributed by atoms with van der Waals surface area (Å²) in [5.41, 5.74) is 3.54. The third-order valence-electron chi connectivity index (χ3n) is 5.61. The summed E-state index contributed by atoms with van der Waals surface area (Å²) >= 11 is 0. The average Bonchev–Trinajstić information content (AvgIpc) is 2.79. The maximum absolute atomic E-state index is 13.3. The lowest BCUT2D eigenvalue weighted by atomic mass is 10.0. The third kappa shape index (κ3) is 5.49. The molecule has 1 aliphatic heterocycles. The van der Waals surface area contributed by atoms with E-state index in [0.29, 0.717) is 43.3 Å². The van der Waals surface area contributed by atoms with Crippen LogP contribution in [0.25, 0.3) is 0 Å². The van der Waals surface area contributed by atoms with Crippen LogP contribution in [0.4, 0.5) is 10.5 Å². The van der Waals surface area contributed by atoms with E-state index < -0.39 is 0 Å². The summed E-state index contributed by atoms with van der Waals surface area (Å²) in [5, 5.41) is 9.08. The van der Waals surface area contributed by atoms with Gasteiger partial charge in [-0.15, -0.1) is 0 Å². The molecule has 1 fully saturated rings. The summed E-state index contributed by atoms with van der Waals surface area (Å²) in [4.78, 5) is 16.9. The highest BCUT2D eigenvalue weighted by Crippen LogP contribution is 2.33. The minimum atomic E-state index is -0.0166. The summed E-state index contributed by atoms with van der Waals surface area (Å²) in [7, 11) is 1.63. The Kier molecular flexibility index (Phi) is 7.77. The molecule has 0 unspecified atom stereocenters. The van der Waals surface area contributed by atoms with E-state index in [2.05, 4.69) is 13.0 Å². The van der Waals surface area contributed by atoms with Crippen LogP contribution in [-0.2, 0) is 6.54 Å². The number of benzene rings is 2. The first-order valence-electron chi connectivity index (χ1n) is 10.9. The number of unbranched alkanes of at least 4 members (excludes halogenated alkanes) is 2. The zero-order valence-electron chi connectivity index (χ0n) is 18.7. The maximum Gasteiger partial charge on any atom is 0.324 e. The fourth-order valence-electron chi connectivity index (χ4n) is 3.80. The van der Waals surface area contributed by atoms with Gasteiger partial charge in [-0.05, 0) is 55.2 Å². The van der Waals surface area contributed by atoms with Crippen LogP contribution in [0.15, 0.2) is 36.4 Å². The minimum Gasteiger partial charge on any atom is -0.493 e. The fraction of sp³-hybridized carbons (Fsp3) is 0.440. The number of nitriles is 1. The van der Waals surface area contributed by atoms with E-state index >= 15 is 0 Å². The van der Waals surface area contributed by atoms with Crippen molar-refractivity contribution < 1.29 is 14.3 Å². The van der Waals surface area contributed by atoms with Crippen LogP contribution < -0.4 is 14.4 Å². The van der Waals surface area contributed by atoms with Crippen molar-refractivity contribution in [2.24, 2.45) is 0 Å². The van der Waals surface area contributed by atoms with Crippen LogP contribution in [0, 0.1) is 18.3 Å². The Morgan fingerprint density at radius 3 is 2.65 bits per heavy atom. The Hall–Kier alpha value is -3.20. The Labute approximate surface area is 185 Å². The second-order valence-corrected chi connectivity index (χ2v) is 7.85. The first-order chi connectivity index (χ1) is 15.1. The molecule has 0 N–H and O–H groups in total. The van der Waals surface area contributed by atoms with E-state index in [-0.39, 0.29) is 6.03 Å². The minimum absolute atomic E-state index is 0.0166. The van der Waals surface area contributed by atoms with Crippen molar-refractivity contribution in [3.05, 3.63) is 53.1 Å². The summed E-state index contributed by atoms with van der Waals surface area (Å²) in [6.07, 6.45) is 4.14. The number of carbonyl (C=O) groups is 1. The molecular formula is C25H31N3O3. The van der Waals surface area contributed by atoms with Crippen LogP contribution in [0.5, 0.6) is 11.5 Å². The number of urea groups is 1. The number of hydrogen-bond donors (Lipinski definition) is 0. The smallest absolute Gasteiger partial charge is 0.324 e. The predicted molar refractivity (Wildman–Crippen MR) is 122 cm³/mol. The highest BCUT2D eigenvalue weighted by atomic mass is 16.5. The standard InChI is InChI=1S/C25H31N3O3/c1-4-5-6-14-31-24-16-22(10-11-23(24)30-3)28-13-7-12-27(25(28)29)18-21-9-8-20(17-26)15-19(21)2/h8-11,15-16H,4-7,12-14,18H2,1-3H3. The molecule has 1 saturated heterocycles. The molecule has 0 aromatic heterocycles. The highest BCUT2D eigenvalue weighted by molar-refractivity contribution is 5.93. The zero-order chi connectivity index (χ0) is 22.2. The average molecular weight is 422 g/mol. The zero-order valence-corrected chi connectivity index (χ0v) is 18.7. The Balaban J connectivity index is 1.75. The molecule has 6 heteroatoms. The second kappa shape index (κ2) is 10.7. The van der Waals surface area contributed by atoms with Gasteiger partial charge in [0.2, 0.25) is 0 Å². The maximum atomic E-state index is 13.3. The van der Waals surface area contributed by atoms with Gasteiger partial charge in [0.1, 0.15) is 0 Å². The van der Waals surface area contributed by atoms with Crippen molar-refractivity contribution in [3.63, 3.8) is 0 Å². The fourth-order valence-corrected chi connectivity index (χ4v) is 3.80. The highest BCUT2D eigenvalue weighted by Gasteiger charge is 2.28. The number of carbonyl (C=O) groups excluding carboxylic acids is 1. The first kappa shape index (κ1) is 22.5. The van der Waals surface area contributed by atoms with Crippen molar-refractivity contribution in [3.8, 4) is 17.6 Å². The molecule has 2 aromatic rings. The summed E-state index contributed by atoms with van der Waals surface area (Å²) < 4.78 is 11.4. The van der Waals surface area contributed by atoms with Gasteiger partial charge >= 0.3 is 6.03 Å². The topological polar surface area (TPSA) is 65.8 Å². The van der Waals surface area contributed by atoms with Gasteiger partial charge < -0.3 is 14.4 Å². The quantitative estimate of drug-likeness (QED) is 0.517. The number of aryl methyl sites for hydroxylation is 1. The van der Waals surface area contributed by atoms with Gasteiger partial charge in [-0.25, -0.2) is 4.79 Å². The number of methoxy groups -OCH3 is 1. The Bertz CT molecular complexity index is 952. The summed E-state index contributed by atoms with van der Waals surface area (Å²) in [5.74, 6) is 1.35. The molecule has 0 saturated carbocycles. The third-order valence-corrected chi connectivity index (χ3v) is 5.61. The van der Waals surface area contributed by atoms with Gasteiger partial charge in [0.25, 0.3) is 0 Å². The second-order valence-electron chi connectivity index (χ2n) is 7.85. The number of anilines is 1. The molecule has 0 aliphatic carbocycles. The van der Waals surface area contributed by atoms with Gasteiger partial charge in [-0.1, -0.05) is 25.8 Å². The molecule has 2 amide bonds. The SMILES string of the molecule is CCCCCOc1cc(N2CCCN(Cc3ccc(C#N)cc3C)C2=O)ccc1OC. The van der Waals surface area contributed by atoms with Crippen molar-refractivity contribution in [1.82, 2.24) is 4.90 Å². The summed E-state index contributed by atoms with van der Waals surface area (Å²) in [6.45, 7) is 6.69. The van der Waals surface area contributed by atoms with Crippen molar-refractivity contribution >= 4 is 11.7 Å². The lowest BCUT2D eigenvalue weighted by Crippen LogP contribution is -2.49. The van der Waals surface area contributed by atoms with E-state index in [1.165, 1.54) is 0 Å².